The van der Waals surface area contributed by atoms with E-state index in [2.05, 4.69) is 6.58 Å². The molecule has 0 aromatic rings. The summed E-state index contributed by atoms with van der Waals surface area (Å²) in [7, 11) is 0. The minimum Gasteiger partial charge on any atom is -0.462 e. The van der Waals surface area contributed by atoms with Crippen LogP contribution in [-0.4, -0.2) is 24.3 Å². The van der Waals surface area contributed by atoms with Gasteiger partial charge in [-0.2, -0.15) is 0 Å². The van der Waals surface area contributed by atoms with Gasteiger partial charge < -0.3 is 9.84 Å². The van der Waals surface area contributed by atoms with Crippen molar-refractivity contribution < 1.29 is 14.6 Å². The molecule has 0 aromatic carbocycles. The van der Waals surface area contributed by atoms with Gasteiger partial charge in [-0.25, -0.2) is 4.79 Å². The minimum atomic E-state index is -0.389. The Morgan fingerprint density at radius 1 is 1.11 bits per heavy atom. The zero-order valence-corrected chi connectivity index (χ0v) is 11.3. The topological polar surface area (TPSA) is 46.5 Å². The number of carbonyl (C=O) groups excluding carboxylic acids is 1. The molecule has 0 bridgehead atoms. The normalized spacial score (nSPS) is 20.9. The highest BCUT2D eigenvalue weighted by Gasteiger charge is 2.30. The maximum Gasteiger partial charge on any atom is 0.330 e. The summed E-state index contributed by atoms with van der Waals surface area (Å²) in [5.41, 5.74) is -0.226. The van der Waals surface area contributed by atoms with Crippen LogP contribution in [0.5, 0.6) is 0 Å². The first kappa shape index (κ1) is 15.2. The van der Waals surface area contributed by atoms with Crippen LogP contribution in [0.25, 0.3) is 0 Å². The van der Waals surface area contributed by atoms with Gasteiger partial charge in [0.25, 0.3) is 0 Å². The molecule has 3 heteroatoms. The molecule has 0 aliphatic heterocycles. The van der Waals surface area contributed by atoms with Crippen molar-refractivity contribution in [2.45, 2.75) is 57.8 Å². The third-order valence-corrected chi connectivity index (χ3v) is 3.94. The molecule has 1 aliphatic carbocycles. The van der Waals surface area contributed by atoms with Gasteiger partial charge in [-0.05, 0) is 12.8 Å². The Morgan fingerprint density at radius 2 is 1.61 bits per heavy atom. The minimum absolute atomic E-state index is 0.109. The van der Waals surface area contributed by atoms with E-state index in [9.17, 15) is 9.90 Å². The molecule has 3 nitrogen and oxygen atoms in total. The van der Waals surface area contributed by atoms with Crippen LogP contribution in [0.3, 0.4) is 0 Å². The van der Waals surface area contributed by atoms with E-state index in [-0.39, 0.29) is 18.0 Å². The lowest BCUT2D eigenvalue weighted by Gasteiger charge is -2.32. The molecule has 0 radical (unpaired) electrons. The number of carbonyl (C=O) groups is 1. The van der Waals surface area contributed by atoms with Crippen LogP contribution in [-0.2, 0) is 9.53 Å². The highest BCUT2D eigenvalue weighted by atomic mass is 16.5. The summed E-state index contributed by atoms with van der Waals surface area (Å²) in [6.45, 7) is 3.83. The predicted octanol–water partition coefficient (Wildman–Crippen LogP) is 3.22. The molecule has 0 amide bonds. The van der Waals surface area contributed by atoms with Crippen LogP contribution in [0.15, 0.2) is 12.7 Å². The molecule has 0 atom stereocenters. The van der Waals surface area contributed by atoms with E-state index < -0.39 is 0 Å². The van der Waals surface area contributed by atoms with Gasteiger partial charge >= 0.3 is 5.97 Å². The van der Waals surface area contributed by atoms with Gasteiger partial charge in [0.1, 0.15) is 0 Å². The average molecular weight is 254 g/mol. The Labute approximate surface area is 110 Å². The van der Waals surface area contributed by atoms with Crippen LogP contribution in [0.4, 0.5) is 0 Å². The highest BCUT2D eigenvalue weighted by molar-refractivity contribution is 5.81. The van der Waals surface area contributed by atoms with Crippen molar-refractivity contribution in [3.8, 4) is 0 Å². The average Bonchev–Trinajstić information content (AvgIpc) is 2.42. The number of aliphatic hydroxyl groups excluding tert-OH is 1. The van der Waals surface area contributed by atoms with E-state index >= 15 is 0 Å². The SMILES string of the molecule is C=CC(=O)OCC1(CO)CCCCCCCCC1. The lowest BCUT2D eigenvalue weighted by Crippen LogP contribution is -2.32. The molecule has 1 aliphatic rings. The summed E-state index contributed by atoms with van der Waals surface area (Å²) < 4.78 is 5.18. The van der Waals surface area contributed by atoms with E-state index in [1.807, 2.05) is 0 Å². The van der Waals surface area contributed by atoms with Crippen molar-refractivity contribution in [3.05, 3.63) is 12.7 Å². The highest BCUT2D eigenvalue weighted by Crippen LogP contribution is 2.33. The fourth-order valence-corrected chi connectivity index (χ4v) is 2.64. The molecule has 18 heavy (non-hydrogen) atoms. The number of ether oxygens (including phenoxy) is 1. The van der Waals surface area contributed by atoms with Crippen molar-refractivity contribution in [2.75, 3.05) is 13.2 Å². The van der Waals surface area contributed by atoms with Crippen LogP contribution in [0.2, 0.25) is 0 Å². The van der Waals surface area contributed by atoms with Crippen molar-refractivity contribution in [1.82, 2.24) is 0 Å². The lowest BCUT2D eigenvalue weighted by molar-refractivity contribution is -0.143. The largest absolute Gasteiger partial charge is 0.462 e. The summed E-state index contributed by atoms with van der Waals surface area (Å²) in [6.07, 6.45) is 11.7. The molecule has 1 rings (SSSR count). The first-order valence-corrected chi connectivity index (χ1v) is 7.12. The van der Waals surface area contributed by atoms with Gasteiger partial charge in [-0.1, -0.05) is 51.5 Å². The maximum atomic E-state index is 11.2. The molecule has 0 aromatic heterocycles. The molecule has 0 unspecified atom stereocenters. The van der Waals surface area contributed by atoms with E-state index in [4.69, 9.17) is 4.74 Å². The number of hydrogen-bond donors (Lipinski definition) is 1. The molecule has 0 spiro atoms. The fraction of sp³-hybridized carbons (Fsp3) is 0.800. The lowest BCUT2D eigenvalue weighted by atomic mass is 9.78. The van der Waals surface area contributed by atoms with E-state index in [1.165, 1.54) is 38.2 Å². The zero-order valence-electron chi connectivity index (χ0n) is 11.3. The van der Waals surface area contributed by atoms with Crippen molar-refractivity contribution >= 4 is 5.97 Å². The first-order valence-electron chi connectivity index (χ1n) is 7.12. The predicted molar refractivity (Wildman–Crippen MR) is 72.2 cm³/mol. The summed E-state index contributed by atoms with van der Waals surface area (Å²) in [4.78, 5) is 11.2. The Morgan fingerprint density at radius 3 is 2.06 bits per heavy atom. The van der Waals surface area contributed by atoms with Crippen LogP contribution in [0.1, 0.15) is 57.8 Å². The number of rotatable bonds is 4. The van der Waals surface area contributed by atoms with Gasteiger partial charge in [0.2, 0.25) is 0 Å². The van der Waals surface area contributed by atoms with Crippen molar-refractivity contribution in [3.63, 3.8) is 0 Å². The van der Waals surface area contributed by atoms with Gasteiger partial charge in [0.15, 0.2) is 0 Å². The van der Waals surface area contributed by atoms with Crippen molar-refractivity contribution in [2.24, 2.45) is 5.41 Å². The second-order valence-corrected chi connectivity index (χ2v) is 5.44. The Balaban J connectivity index is 2.54. The monoisotopic (exact) mass is 254 g/mol. The number of esters is 1. The van der Waals surface area contributed by atoms with E-state index in [1.54, 1.807) is 0 Å². The quantitative estimate of drug-likeness (QED) is 0.619. The van der Waals surface area contributed by atoms with Crippen LogP contribution >= 0.6 is 0 Å². The van der Waals surface area contributed by atoms with Gasteiger partial charge in [0, 0.05) is 11.5 Å². The Bertz CT molecular complexity index is 250. The molecule has 1 N–H and O–H groups in total. The second-order valence-electron chi connectivity index (χ2n) is 5.44. The standard InChI is InChI=1S/C15H26O3/c1-2-14(17)18-13-15(12-16)10-8-6-4-3-5-7-9-11-15/h2,16H,1,3-13H2. The Hall–Kier alpha value is -0.830. The van der Waals surface area contributed by atoms with Crippen LogP contribution in [0, 0.1) is 5.41 Å². The van der Waals surface area contributed by atoms with Gasteiger partial charge in [0.05, 0.1) is 13.2 Å². The van der Waals surface area contributed by atoms with E-state index in [0.717, 1.165) is 25.7 Å². The molecule has 1 fully saturated rings. The molecular weight excluding hydrogens is 228 g/mol. The Kier molecular flexibility index (Phi) is 7.02. The number of aliphatic hydroxyl groups is 1. The molecule has 104 valence electrons. The third kappa shape index (κ3) is 5.21. The molecular formula is C15H26O3. The second kappa shape index (κ2) is 8.30. The molecule has 0 heterocycles. The summed E-state index contributed by atoms with van der Waals surface area (Å²) >= 11 is 0. The van der Waals surface area contributed by atoms with Crippen molar-refractivity contribution in [1.29, 1.82) is 0 Å². The summed E-state index contributed by atoms with van der Waals surface area (Å²) in [5.74, 6) is -0.389. The zero-order chi connectivity index (χ0) is 13.3. The maximum absolute atomic E-state index is 11.2. The van der Waals surface area contributed by atoms with Crippen LogP contribution < -0.4 is 0 Å². The van der Waals surface area contributed by atoms with E-state index in [0.29, 0.717) is 6.61 Å². The fourth-order valence-electron chi connectivity index (χ4n) is 2.64. The third-order valence-electron chi connectivity index (χ3n) is 3.94. The summed E-state index contributed by atoms with van der Waals surface area (Å²) in [6, 6.07) is 0. The number of hydrogen-bond acceptors (Lipinski definition) is 3. The smallest absolute Gasteiger partial charge is 0.330 e. The molecule has 0 saturated heterocycles. The molecule has 1 saturated carbocycles. The first-order chi connectivity index (χ1) is 8.72. The summed E-state index contributed by atoms with van der Waals surface area (Å²) in [5, 5.41) is 9.69. The van der Waals surface area contributed by atoms with Gasteiger partial charge in [-0.3, -0.25) is 0 Å². The van der Waals surface area contributed by atoms with Gasteiger partial charge in [-0.15, -0.1) is 0 Å².